The van der Waals surface area contributed by atoms with Crippen LogP contribution in [0.4, 0.5) is 0 Å². The third-order valence-electron chi connectivity index (χ3n) is 2.24. The van der Waals surface area contributed by atoms with Crippen LogP contribution >= 0.6 is 23.4 Å². The molecule has 0 fully saturated rings. The van der Waals surface area contributed by atoms with Gasteiger partial charge in [-0.15, -0.1) is 0 Å². The molecule has 0 amide bonds. The van der Waals surface area contributed by atoms with E-state index in [-0.39, 0.29) is 5.56 Å². The summed E-state index contributed by atoms with van der Waals surface area (Å²) in [6, 6.07) is 3.45. The molecule has 2 rings (SSSR count). The van der Waals surface area contributed by atoms with Crippen LogP contribution in [0.5, 0.6) is 0 Å². The first-order chi connectivity index (χ1) is 7.00. The van der Waals surface area contributed by atoms with Crippen LogP contribution in [0.2, 0.25) is 5.02 Å². The van der Waals surface area contributed by atoms with E-state index in [2.05, 4.69) is 4.98 Å². The lowest BCUT2D eigenvalue weighted by molar-refractivity contribution is 1.07. The number of nitrogens with zero attached hydrogens (tertiary/aromatic N) is 2. The van der Waals surface area contributed by atoms with Crippen molar-refractivity contribution in [1.82, 2.24) is 9.07 Å². The van der Waals surface area contributed by atoms with Crippen molar-refractivity contribution < 1.29 is 0 Å². The van der Waals surface area contributed by atoms with Gasteiger partial charge in [0.1, 0.15) is 5.69 Å². The summed E-state index contributed by atoms with van der Waals surface area (Å²) in [5.74, 6) is 0. The number of hydrogen-bond acceptors (Lipinski definition) is 2. The summed E-state index contributed by atoms with van der Waals surface area (Å²) in [6.07, 6.45) is 0. The zero-order valence-electron chi connectivity index (χ0n) is 8.21. The standard InChI is InChI=1S/C10H8Cl2N2O/c1-5-3-9-8(4-7(5)11)13-6(2)10(15)14(9)12/h3-4H,1-2H3. The van der Waals surface area contributed by atoms with E-state index in [9.17, 15) is 4.79 Å². The van der Waals surface area contributed by atoms with Gasteiger partial charge < -0.3 is 0 Å². The van der Waals surface area contributed by atoms with Crippen molar-refractivity contribution in [2.24, 2.45) is 0 Å². The van der Waals surface area contributed by atoms with Crippen LogP contribution < -0.4 is 5.56 Å². The first-order valence-corrected chi connectivity index (χ1v) is 5.08. The third-order valence-corrected chi connectivity index (χ3v) is 2.99. The molecule has 0 aliphatic heterocycles. The fourth-order valence-electron chi connectivity index (χ4n) is 1.38. The smallest absolute Gasteiger partial charge is 0.266 e. The van der Waals surface area contributed by atoms with E-state index < -0.39 is 0 Å². The minimum absolute atomic E-state index is 0.300. The predicted octanol–water partition coefficient (Wildman–Crippen LogP) is 2.67. The van der Waals surface area contributed by atoms with E-state index in [4.69, 9.17) is 23.4 Å². The Morgan fingerprint density at radius 3 is 2.67 bits per heavy atom. The predicted molar refractivity (Wildman–Crippen MR) is 61.7 cm³/mol. The monoisotopic (exact) mass is 242 g/mol. The van der Waals surface area contributed by atoms with Gasteiger partial charge in [-0.25, -0.2) is 9.07 Å². The summed E-state index contributed by atoms with van der Waals surface area (Å²) in [5.41, 5.74) is 2.12. The maximum atomic E-state index is 11.5. The van der Waals surface area contributed by atoms with Gasteiger partial charge in [-0.1, -0.05) is 11.6 Å². The highest BCUT2D eigenvalue weighted by Crippen LogP contribution is 2.21. The normalized spacial score (nSPS) is 10.9. The van der Waals surface area contributed by atoms with Crippen molar-refractivity contribution in [3.05, 3.63) is 38.8 Å². The fourth-order valence-corrected chi connectivity index (χ4v) is 1.80. The van der Waals surface area contributed by atoms with Crippen LogP contribution in [0.3, 0.4) is 0 Å². The van der Waals surface area contributed by atoms with E-state index in [0.29, 0.717) is 21.7 Å². The molecular weight excluding hydrogens is 235 g/mol. The molecule has 78 valence electrons. The lowest BCUT2D eigenvalue weighted by atomic mass is 10.2. The van der Waals surface area contributed by atoms with Crippen LogP contribution in [0, 0.1) is 13.8 Å². The molecule has 0 saturated heterocycles. The number of aromatic nitrogens is 2. The topological polar surface area (TPSA) is 34.9 Å². The minimum atomic E-state index is -0.300. The van der Waals surface area contributed by atoms with Gasteiger partial charge in [0, 0.05) is 16.8 Å². The number of halogens is 2. The average molecular weight is 243 g/mol. The quantitative estimate of drug-likeness (QED) is 0.712. The molecule has 0 saturated carbocycles. The fraction of sp³-hybridized carbons (Fsp3) is 0.200. The first-order valence-electron chi connectivity index (χ1n) is 4.36. The Kier molecular flexibility index (Phi) is 2.44. The molecule has 2 aromatic rings. The van der Waals surface area contributed by atoms with E-state index in [1.54, 1.807) is 19.1 Å². The number of rotatable bonds is 0. The summed E-state index contributed by atoms with van der Waals surface area (Å²) in [5, 5.41) is 0.615. The van der Waals surface area contributed by atoms with Crippen LogP contribution in [-0.4, -0.2) is 9.07 Å². The molecule has 0 aliphatic carbocycles. The maximum Gasteiger partial charge on any atom is 0.287 e. The van der Waals surface area contributed by atoms with Crippen LogP contribution in [-0.2, 0) is 0 Å². The van der Waals surface area contributed by atoms with Crippen molar-refractivity contribution in [2.45, 2.75) is 13.8 Å². The molecule has 1 aromatic heterocycles. The molecule has 0 N–H and O–H groups in total. The highest BCUT2D eigenvalue weighted by molar-refractivity contribution is 6.32. The molecule has 0 radical (unpaired) electrons. The van der Waals surface area contributed by atoms with Crippen molar-refractivity contribution in [1.29, 1.82) is 0 Å². The Morgan fingerprint density at radius 2 is 2.00 bits per heavy atom. The molecule has 15 heavy (non-hydrogen) atoms. The Labute approximate surface area is 96.4 Å². The average Bonchev–Trinajstić information content (AvgIpc) is 2.19. The number of aryl methyl sites for hydroxylation is 2. The second-order valence-corrected chi connectivity index (χ2v) is 4.12. The van der Waals surface area contributed by atoms with Crippen LogP contribution in [0.15, 0.2) is 16.9 Å². The Hall–Kier alpha value is -1.06. The van der Waals surface area contributed by atoms with Crippen molar-refractivity contribution in [3.8, 4) is 0 Å². The molecule has 0 bridgehead atoms. The Morgan fingerprint density at radius 1 is 1.33 bits per heavy atom. The Balaban J connectivity index is 3.00. The van der Waals surface area contributed by atoms with E-state index in [1.807, 2.05) is 6.92 Å². The molecule has 0 unspecified atom stereocenters. The molecule has 0 aliphatic rings. The van der Waals surface area contributed by atoms with E-state index in [1.165, 1.54) is 0 Å². The summed E-state index contributed by atoms with van der Waals surface area (Å²) in [4.78, 5) is 15.7. The highest BCUT2D eigenvalue weighted by atomic mass is 35.5. The summed E-state index contributed by atoms with van der Waals surface area (Å²) in [6.45, 7) is 3.47. The van der Waals surface area contributed by atoms with Gasteiger partial charge in [0.2, 0.25) is 0 Å². The first kappa shape index (κ1) is 10.5. The molecule has 3 nitrogen and oxygen atoms in total. The van der Waals surface area contributed by atoms with E-state index in [0.717, 1.165) is 9.65 Å². The minimum Gasteiger partial charge on any atom is -0.266 e. The molecular formula is C10H8Cl2N2O. The number of hydrogen-bond donors (Lipinski definition) is 0. The number of fused-ring (bicyclic) bond motifs is 1. The SMILES string of the molecule is Cc1cc2c(cc1Cl)nc(C)c(=O)n2Cl. The lowest BCUT2D eigenvalue weighted by Gasteiger charge is -2.05. The third kappa shape index (κ3) is 1.62. The van der Waals surface area contributed by atoms with Crippen LogP contribution in [0.25, 0.3) is 11.0 Å². The van der Waals surface area contributed by atoms with Crippen molar-refractivity contribution in [2.75, 3.05) is 0 Å². The van der Waals surface area contributed by atoms with Gasteiger partial charge in [-0.2, -0.15) is 0 Å². The summed E-state index contributed by atoms with van der Waals surface area (Å²) >= 11 is 11.8. The van der Waals surface area contributed by atoms with Gasteiger partial charge in [0.15, 0.2) is 0 Å². The van der Waals surface area contributed by atoms with Gasteiger partial charge in [-0.3, -0.25) is 4.79 Å². The largest absolute Gasteiger partial charge is 0.287 e. The molecule has 0 atom stereocenters. The Bertz CT molecular complexity index is 604. The van der Waals surface area contributed by atoms with Gasteiger partial charge in [0.25, 0.3) is 5.56 Å². The second-order valence-electron chi connectivity index (χ2n) is 3.37. The molecule has 0 spiro atoms. The highest BCUT2D eigenvalue weighted by Gasteiger charge is 2.08. The van der Waals surface area contributed by atoms with Crippen LogP contribution in [0.1, 0.15) is 11.3 Å². The van der Waals surface area contributed by atoms with Gasteiger partial charge >= 0.3 is 0 Å². The van der Waals surface area contributed by atoms with Crippen molar-refractivity contribution in [3.63, 3.8) is 0 Å². The van der Waals surface area contributed by atoms with E-state index >= 15 is 0 Å². The molecule has 1 aromatic carbocycles. The maximum absolute atomic E-state index is 11.5. The zero-order chi connectivity index (χ0) is 11.2. The number of benzene rings is 1. The molecule has 5 heteroatoms. The summed E-state index contributed by atoms with van der Waals surface area (Å²) < 4.78 is 1.07. The van der Waals surface area contributed by atoms with Crippen molar-refractivity contribution >= 4 is 34.4 Å². The molecule has 1 heterocycles. The zero-order valence-corrected chi connectivity index (χ0v) is 9.73. The van der Waals surface area contributed by atoms with Gasteiger partial charge in [-0.05, 0) is 31.5 Å². The summed E-state index contributed by atoms with van der Waals surface area (Å²) in [7, 11) is 0. The second kappa shape index (κ2) is 3.51. The van der Waals surface area contributed by atoms with Gasteiger partial charge in [0.05, 0.1) is 11.0 Å². The lowest BCUT2D eigenvalue weighted by Crippen LogP contribution is -2.17.